The van der Waals surface area contributed by atoms with Crippen molar-refractivity contribution in [1.29, 1.82) is 0 Å². The predicted octanol–water partition coefficient (Wildman–Crippen LogP) is 0.607. The van der Waals surface area contributed by atoms with E-state index in [9.17, 15) is 4.79 Å². The van der Waals surface area contributed by atoms with Gasteiger partial charge in [-0.2, -0.15) is 5.10 Å². The standard InChI is InChI=1S/C13H21N5O/c1-14-7-11(19)18-6-2-3-10(8-18)13-15-12(16-17-13)9-4-5-9/h9-10,14H,2-8H2,1H3,(H,15,16,17). The molecule has 0 bridgehead atoms. The summed E-state index contributed by atoms with van der Waals surface area (Å²) in [5, 5.41) is 10.3. The zero-order chi connectivity index (χ0) is 13.2. The Kier molecular flexibility index (Phi) is 3.50. The van der Waals surface area contributed by atoms with Crippen LogP contribution in [-0.2, 0) is 4.79 Å². The lowest BCUT2D eigenvalue weighted by molar-refractivity contribution is -0.131. The summed E-state index contributed by atoms with van der Waals surface area (Å²) >= 11 is 0. The summed E-state index contributed by atoms with van der Waals surface area (Å²) in [6.45, 7) is 2.02. The third-order valence-corrected chi connectivity index (χ3v) is 3.95. The van der Waals surface area contributed by atoms with Crippen molar-refractivity contribution in [3.63, 3.8) is 0 Å². The van der Waals surface area contributed by atoms with Crippen LogP contribution in [0.15, 0.2) is 0 Å². The maximum absolute atomic E-state index is 11.9. The van der Waals surface area contributed by atoms with Crippen LogP contribution in [0.3, 0.4) is 0 Å². The zero-order valence-corrected chi connectivity index (χ0v) is 11.4. The van der Waals surface area contributed by atoms with Gasteiger partial charge in [-0.3, -0.25) is 9.89 Å². The summed E-state index contributed by atoms with van der Waals surface area (Å²) in [7, 11) is 1.80. The van der Waals surface area contributed by atoms with Crippen molar-refractivity contribution in [2.24, 2.45) is 0 Å². The van der Waals surface area contributed by atoms with Gasteiger partial charge in [0.25, 0.3) is 0 Å². The second kappa shape index (κ2) is 5.28. The number of H-pyrrole nitrogens is 1. The summed E-state index contributed by atoms with van der Waals surface area (Å²) in [6.07, 6.45) is 4.57. The topological polar surface area (TPSA) is 73.9 Å². The lowest BCUT2D eigenvalue weighted by Crippen LogP contribution is -2.43. The number of hydrogen-bond donors (Lipinski definition) is 2. The molecule has 2 aliphatic rings. The summed E-state index contributed by atoms with van der Waals surface area (Å²) in [5.41, 5.74) is 0. The molecule has 1 saturated heterocycles. The number of nitrogens with one attached hydrogen (secondary N) is 2. The lowest BCUT2D eigenvalue weighted by Gasteiger charge is -2.31. The zero-order valence-electron chi connectivity index (χ0n) is 11.4. The van der Waals surface area contributed by atoms with Crippen LogP contribution in [0.25, 0.3) is 0 Å². The third-order valence-electron chi connectivity index (χ3n) is 3.95. The van der Waals surface area contributed by atoms with Crippen LogP contribution in [0.5, 0.6) is 0 Å². The lowest BCUT2D eigenvalue weighted by atomic mass is 9.97. The van der Waals surface area contributed by atoms with E-state index in [1.54, 1.807) is 7.05 Å². The highest BCUT2D eigenvalue weighted by molar-refractivity contribution is 5.78. The number of piperidine rings is 1. The highest BCUT2D eigenvalue weighted by Gasteiger charge is 2.30. The number of nitrogens with zero attached hydrogens (tertiary/aromatic N) is 3. The molecule has 1 unspecified atom stereocenters. The number of aromatic nitrogens is 3. The van der Waals surface area contributed by atoms with Gasteiger partial charge in [0, 0.05) is 24.9 Å². The van der Waals surface area contributed by atoms with Gasteiger partial charge < -0.3 is 10.2 Å². The number of hydrogen-bond acceptors (Lipinski definition) is 4. The van der Waals surface area contributed by atoms with Crippen molar-refractivity contribution in [2.45, 2.75) is 37.5 Å². The molecule has 1 amide bonds. The number of amides is 1. The van der Waals surface area contributed by atoms with E-state index in [0.717, 1.165) is 37.6 Å². The van der Waals surface area contributed by atoms with Gasteiger partial charge in [0.15, 0.2) is 5.82 Å². The molecule has 1 saturated carbocycles. The molecule has 104 valence electrons. The minimum Gasteiger partial charge on any atom is -0.341 e. The Morgan fingerprint density at radius 1 is 1.42 bits per heavy atom. The maximum Gasteiger partial charge on any atom is 0.236 e. The maximum atomic E-state index is 11.9. The molecule has 6 heteroatoms. The van der Waals surface area contributed by atoms with Crippen molar-refractivity contribution in [1.82, 2.24) is 25.4 Å². The first-order valence-corrected chi connectivity index (χ1v) is 7.12. The van der Waals surface area contributed by atoms with Crippen molar-refractivity contribution in [3.05, 3.63) is 11.6 Å². The van der Waals surface area contributed by atoms with E-state index >= 15 is 0 Å². The van der Waals surface area contributed by atoms with Crippen LogP contribution in [0.1, 0.15) is 49.2 Å². The van der Waals surface area contributed by atoms with Gasteiger partial charge in [0.05, 0.1) is 6.54 Å². The number of aromatic amines is 1. The van der Waals surface area contributed by atoms with E-state index in [1.165, 1.54) is 12.8 Å². The average Bonchev–Trinajstić information content (AvgIpc) is 3.17. The first kappa shape index (κ1) is 12.6. The van der Waals surface area contributed by atoms with Crippen LogP contribution in [0.4, 0.5) is 0 Å². The Hall–Kier alpha value is -1.43. The van der Waals surface area contributed by atoms with Crippen LogP contribution < -0.4 is 5.32 Å². The van der Waals surface area contributed by atoms with Gasteiger partial charge in [-0.05, 0) is 32.7 Å². The molecule has 6 nitrogen and oxygen atoms in total. The van der Waals surface area contributed by atoms with Gasteiger partial charge in [-0.15, -0.1) is 0 Å². The van der Waals surface area contributed by atoms with Gasteiger partial charge >= 0.3 is 0 Å². The fraction of sp³-hybridized carbons (Fsp3) is 0.769. The summed E-state index contributed by atoms with van der Waals surface area (Å²) < 4.78 is 0. The van der Waals surface area contributed by atoms with E-state index in [-0.39, 0.29) is 5.91 Å². The molecule has 2 heterocycles. The quantitative estimate of drug-likeness (QED) is 0.834. The molecule has 3 rings (SSSR count). The molecule has 19 heavy (non-hydrogen) atoms. The van der Waals surface area contributed by atoms with Crippen molar-refractivity contribution >= 4 is 5.91 Å². The molecular formula is C13H21N5O. The van der Waals surface area contributed by atoms with Crippen LogP contribution >= 0.6 is 0 Å². The van der Waals surface area contributed by atoms with E-state index in [4.69, 9.17) is 0 Å². The average molecular weight is 263 g/mol. The fourth-order valence-corrected chi connectivity index (χ4v) is 2.69. The summed E-state index contributed by atoms with van der Waals surface area (Å²) in [6, 6.07) is 0. The molecule has 1 aliphatic carbocycles. The fourth-order valence-electron chi connectivity index (χ4n) is 2.69. The summed E-state index contributed by atoms with van der Waals surface area (Å²) in [4.78, 5) is 18.5. The monoisotopic (exact) mass is 263 g/mol. The molecule has 1 aromatic heterocycles. The molecule has 1 aliphatic heterocycles. The molecule has 1 aromatic rings. The number of rotatable bonds is 4. The first-order chi connectivity index (χ1) is 9.28. The normalized spacial score (nSPS) is 23.6. The highest BCUT2D eigenvalue weighted by atomic mass is 16.2. The Morgan fingerprint density at radius 3 is 3.00 bits per heavy atom. The van der Waals surface area contributed by atoms with Crippen molar-refractivity contribution in [3.8, 4) is 0 Å². The van der Waals surface area contributed by atoms with Crippen LogP contribution in [-0.4, -0.2) is 52.7 Å². The van der Waals surface area contributed by atoms with Crippen LogP contribution in [0, 0.1) is 0 Å². The van der Waals surface area contributed by atoms with Gasteiger partial charge in [0.2, 0.25) is 5.91 Å². The SMILES string of the molecule is CNCC(=O)N1CCCC(c2n[nH]c(C3CC3)n2)C1. The Labute approximate surface area is 113 Å². The largest absolute Gasteiger partial charge is 0.341 e. The molecule has 0 aromatic carbocycles. The smallest absolute Gasteiger partial charge is 0.236 e. The molecule has 2 N–H and O–H groups in total. The molecule has 0 spiro atoms. The van der Waals surface area contributed by atoms with Crippen molar-refractivity contribution < 1.29 is 4.79 Å². The summed E-state index contributed by atoms with van der Waals surface area (Å²) in [5.74, 6) is 2.99. The van der Waals surface area contributed by atoms with Gasteiger partial charge in [-0.1, -0.05) is 0 Å². The minimum atomic E-state index is 0.171. The number of likely N-dealkylation sites (tertiary alicyclic amines) is 1. The van der Waals surface area contributed by atoms with E-state index in [0.29, 0.717) is 18.4 Å². The molecule has 2 fully saturated rings. The van der Waals surface area contributed by atoms with Gasteiger partial charge in [-0.25, -0.2) is 4.98 Å². The van der Waals surface area contributed by atoms with E-state index in [2.05, 4.69) is 20.5 Å². The van der Waals surface area contributed by atoms with E-state index < -0.39 is 0 Å². The van der Waals surface area contributed by atoms with E-state index in [1.807, 2.05) is 4.90 Å². The van der Waals surface area contributed by atoms with Crippen LogP contribution in [0.2, 0.25) is 0 Å². The highest BCUT2D eigenvalue weighted by Crippen LogP contribution is 2.38. The number of carbonyl (C=O) groups is 1. The predicted molar refractivity (Wildman–Crippen MR) is 70.8 cm³/mol. The Morgan fingerprint density at radius 2 is 2.26 bits per heavy atom. The third kappa shape index (κ3) is 2.78. The molecule has 1 atom stereocenters. The number of likely N-dealkylation sites (N-methyl/N-ethyl adjacent to an activating group) is 1. The first-order valence-electron chi connectivity index (χ1n) is 7.12. The second-order valence-corrected chi connectivity index (χ2v) is 5.56. The van der Waals surface area contributed by atoms with Gasteiger partial charge in [0.1, 0.15) is 5.82 Å². The Balaban J connectivity index is 1.64. The second-order valence-electron chi connectivity index (χ2n) is 5.56. The number of carbonyl (C=O) groups excluding carboxylic acids is 1. The minimum absolute atomic E-state index is 0.171. The Bertz CT molecular complexity index is 454. The molecular weight excluding hydrogens is 242 g/mol. The molecule has 0 radical (unpaired) electrons. The van der Waals surface area contributed by atoms with Crippen molar-refractivity contribution in [2.75, 3.05) is 26.7 Å².